The summed E-state index contributed by atoms with van der Waals surface area (Å²) in [5.41, 5.74) is 2.14. The fourth-order valence-corrected chi connectivity index (χ4v) is 1.51. The van der Waals surface area contributed by atoms with Crippen molar-refractivity contribution in [2.75, 3.05) is 0 Å². The van der Waals surface area contributed by atoms with Gasteiger partial charge in [0.15, 0.2) is 0 Å². The lowest BCUT2D eigenvalue weighted by atomic mass is 10.0. The number of rotatable bonds is 6. The van der Waals surface area contributed by atoms with Crippen LogP contribution in [-0.4, -0.2) is 0 Å². The largest absolute Gasteiger partial charge is 0.389 e. The minimum absolute atomic E-state index is 0.296. The molecule has 0 saturated carbocycles. The minimum Gasteiger partial charge on any atom is -0.389 e. The Bertz CT molecular complexity index is 599. The molecule has 0 atom stereocenters. The molecule has 0 amide bonds. The summed E-state index contributed by atoms with van der Waals surface area (Å²) < 4.78 is 9.30. The Morgan fingerprint density at radius 1 is 1.20 bits per heavy atom. The smallest absolute Gasteiger partial charge is 0.292 e. The van der Waals surface area contributed by atoms with Crippen molar-refractivity contribution >= 4 is 0 Å². The zero-order chi connectivity index (χ0) is 14.8. The monoisotopic (exact) mass is 266 g/mol. The first kappa shape index (κ1) is 15.1. The quantitative estimate of drug-likeness (QED) is 0.448. The summed E-state index contributed by atoms with van der Waals surface area (Å²) in [6.45, 7) is 5.52. The van der Waals surface area contributed by atoms with Gasteiger partial charge >= 0.3 is 0 Å². The van der Waals surface area contributed by atoms with E-state index >= 15 is 0 Å². The zero-order valence-electron chi connectivity index (χ0n) is 11.2. The predicted molar refractivity (Wildman–Crippen MR) is 75.1 cm³/mol. The Balaban J connectivity index is 2.68. The highest BCUT2D eigenvalue weighted by Crippen LogP contribution is 2.15. The van der Waals surface area contributed by atoms with Crippen LogP contribution in [0.25, 0.3) is 0 Å². The average molecular weight is 266 g/mol. The Kier molecular flexibility index (Phi) is 6.17. The van der Waals surface area contributed by atoms with Crippen LogP contribution in [0.5, 0.6) is 5.75 Å². The predicted octanol–water partition coefficient (Wildman–Crippen LogP) is 3.60. The van der Waals surface area contributed by atoms with E-state index in [9.17, 15) is 0 Å². The van der Waals surface area contributed by atoms with Gasteiger partial charge in [0.25, 0.3) is 12.5 Å². The Morgan fingerprint density at radius 3 is 2.45 bits per heavy atom. The van der Waals surface area contributed by atoms with Crippen molar-refractivity contribution in [1.29, 1.82) is 10.5 Å². The van der Waals surface area contributed by atoms with Crippen molar-refractivity contribution in [2.45, 2.75) is 13.3 Å². The Labute approximate surface area is 118 Å². The summed E-state index contributed by atoms with van der Waals surface area (Å²) >= 11 is 0. The summed E-state index contributed by atoms with van der Waals surface area (Å²) in [6.07, 6.45) is 9.38. The standard InChI is InChI=1S/C16H14N2O2/c1-3-14(5-4-13(2)19-11-17)10-15-6-8-16(9-7-15)20-12-18/h3-9H,2,10H2,1H3/b5-4-,14-3+. The van der Waals surface area contributed by atoms with Crippen molar-refractivity contribution in [3.8, 4) is 18.3 Å². The van der Waals surface area contributed by atoms with Gasteiger partial charge in [0.1, 0.15) is 11.5 Å². The first-order valence-electron chi connectivity index (χ1n) is 5.92. The van der Waals surface area contributed by atoms with E-state index in [0.717, 1.165) is 17.6 Å². The van der Waals surface area contributed by atoms with Crippen LogP contribution >= 0.6 is 0 Å². The van der Waals surface area contributed by atoms with Crippen LogP contribution in [0.1, 0.15) is 12.5 Å². The van der Waals surface area contributed by atoms with E-state index < -0.39 is 0 Å². The maximum Gasteiger partial charge on any atom is 0.292 e. The van der Waals surface area contributed by atoms with Gasteiger partial charge in [0.05, 0.1) is 0 Å². The van der Waals surface area contributed by atoms with Crippen LogP contribution < -0.4 is 4.74 Å². The minimum atomic E-state index is 0.296. The van der Waals surface area contributed by atoms with Crippen LogP contribution in [-0.2, 0) is 11.2 Å². The Hall–Kier alpha value is -2.98. The number of hydrogen-bond donors (Lipinski definition) is 0. The molecule has 1 aromatic rings. The second-order valence-electron chi connectivity index (χ2n) is 3.87. The van der Waals surface area contributed by atoms with Crippen LogP contribution in [0.15, 0.2) is 60.4 Å². The van der Waals surface area contributed by atoms with Gasteiger partial charge in [-0.05, 0) is 42.7 Å². The highest BCUT2D eigenvalue weighted by atomic mass is 16.5. The van der Waals surface area contributed by atoms with Gasteiger partial charge in [-0.15, -0.1) is 10.5 Å². The maximum atomic E-state index is 8.40. The average Bonchev–Trinajstić information content (AvgIpc) is 2.46. The van der Waals surface area contributed by atoms with Gasteiger partial charge < -0.3 is 9.47 Å². The van der Waals surface area contributed by atoms with E-state index in [1.165, 1.54) is 0 Å². The molecule has 1 aromatic carbocycles. The van der Waals surface area contributed by atoms with Crippen molar-refractivity contribution in [3.05, 3.63) is 66.0 Å². The van der Waals surface area contributed by atoms with Gasteiger partial charge in [0.2, 0.25) is 0 Å². The van der Waals surface area contributed by atoms with Crippen LogP contribution in [0.4, 0.5) is 0 Å². The molecule has 0 aliphatic rings. The molecule has 0 spiro atoms. The Morgan fingerprint density at radius 2 is 1.90 bits per heavy atom. The number of benzene rings is 1. The third-order valence-corrected chi connectivity index (χ3v) is 2.53. The lowest BCUT2D eigenvalue weighted by Gasteiger charge is -2.03. The highest BCUT2D eigenvalue weighted by molar-refractivity contribution is 5.34. The number of hydrogen-bond acceptors (Lipinski definition) is 4. The first-order valence-corrected chi connectivity index (χ1v) is 5.92. The van der Waals surface area contributed by atoms with E-state index in [0.29, 0.717) is 11.5 Å². The molecule has 20 heavy (non-hydrogen) atoms. The van der Waals surface area contributed by atoms with E-state index in [2.05, 4.69) is 11.3 Å². The maximum absolute atomic E-state index is 8.40. The molecule has 100 valence electrons. The molecule has 4 heteroatoms. The molecule has 0 heterocycles. The second-order valence-corrected chi connectivity index (χ2v) is 3.87. The zero-order valence-corrected chi connectivity index (χ0v) is 11.2. The SMILES string of the molecule is C=C(/C=C\C(=C/C)Cc1ccc(OC#N)cc1)OC#N. The van der Waals surface area contributed by atoms with E-state index in [1.54, 1.807) is 30.7 Å². The van der Waals surface area contributed by atoms with E-state index in [-0.39, 0.29) is 0 Å². The van der Waals surface area contributed by atoms with Gasteiger partial charge in [0, 0.05) is 0 Å². The number of nitrogens with zero attached hydrogens (tertiary/aromatic N) is 2. The molecule has 4 nitrogen and oxygen atoms in total. The van der Waals surface area contributed by atoms with Crippen molar-refractivity contribution in [2.24, 2.45) is 0 Å². The molecule has 0 bridgehead atoms. The number of nitriles is 2. The third-order valence-electron chi connectivity index (χ3n) is 2.53. The molecule has 0 saturated heterocycles. The lowest BCUT2D eigenvalue weighted by Crippen LogP contribution is -1.89. The highest BCUT2D eigenvalue weighted by Gasteiger charge is 1.98. The number of allylic oxidation sites excluding steroid dienone is 4. The fourth-order valence-electron chi connectivity index (χ4n) is 1.51. The summed E-state index contributed by atoms with van der Waals surface area (Å²) in [4.78, 5) is 0. The normalized spacial score (nSPS) is 10.7. The first-order chi connectivity index (χ1) is 9.69. The summed E-state index contributed by atoms with van der Waals surface area (Å²) in [5, 5.41) is 16.8. The van der Waals surface area contributed by atoms with Crippen LogP contribution in [0.3, 0.4) is 0 Å². The van der Waals surface area contributed by atoms with Crippen molar-refractivity contribution in [3.63, 3.8) is 0 Å². The molecule has 0 radical (unpaired) electrons. The lowest BCUT2D eigenvalue weighted by molar-refractivity contribution is 0.395. The van der Waals surface area contributed by atoms with Crippen LogP contribution in [0, 0.1) is 23.0 Å². The molecule has 0 aliphatic carbocycles. The molecule has 0 aromatic heterocycles. The van der Waals surface area contributed by atoms with Gasteiger partial charge in [-0.25, -0.2) is 0 Å². The summed E-state index contributed by atoms with van der Waals surface area (Å²) in [6, 6.07) is 7.27. The van der Waals surface area contributed by atoms with Crippen molar-refractivity contribution < 1.29 is 9.47 Å². The van der Waals surface area contributed by atoms with Gasteiger partial charge in [-0.3, -0.25) is 0 Å². The number of ether oxygens (including phenoxy) is 2. The topological polar surface area (TPSA) is 66.0 Å². The van der Waals surface area contributed by atoms with Gasteiger partial charge in [-0.1, -0.05) is 30.9 Å². The molecule has 1 rings (SSSR count). The molecule has 0 N–H and O–H groups in total. The summed E-state index contributed by atoms with van der Waals surface area (Å²) in [5.74, 6) is 0.814. The van der Waals surface area contributed by atoms with E-state index in [4.69, 9.17) is 15.3 Å². The molecule has 0 fully saturated rings. The molecule has 0 aliphatic heterocycles. The summed E-state index contributed by atoms with van der Waals surface area (Å²) in [7, 11) is 0. The molecular formula is C16H14N2O2. The molecule has 0 unspecified atom stereocenters. The van der Waals surface area contributed by atoms with E-state index in [1.807, 2.05) is 31.2 Å². The van der Waals surface area contributed by atoms with Crippen LogP contribution in [0.2, 0.25) is 0 Å². The second kappa shape index (κ2) is 8.18. The fraction of sp³-hybridized carbons (Fsp3) is 0.125. The van der Waals surface area contributed by atoms with Gasteiger partial charge in [-0.2, -0.15) is 0 Å². The molecular weight excluding hydrogens is 252 g/mol. The van der Waals surface area contributed by atoms with Crippen molar-refractivity contribution in [1.82, 2.24) is 0 Å². The third kappa shape index (κ3) is 5.12.